The van der Waals surface area contributed by atoms with E-state index in [4.69, 9.17) is 10.5 Å². The van der Waals surface area contributed by atoms with Gasteiger partial charge in [-0.1, -0.05) is 30.3 Å². The molecule has 0 spiro atoms. The van der Waals surface area contributed by atoms with Gasteiger partial charge in [-0.15, -0.1) is 0 Å². The van der Waals surface area contributed by atoms with Crippen molar-refractivity contribution in [1.29, 1.82) is 0 Å². The number of nitrogens with one attached hydrogen (secondary N) is 1. The number of para-hydroxylation sites is 1. The lowest BCUT2D eigenvalue weighted by Gasteiger charge is -2.08. The first kappa shape index (κ1) is 19.0. The van der Waals surface area contributed by atoms with Gasteiger partial charge in [-0.25, -0.2) is 14.5 Å². The third-order valence-electron chi connectivity index (χ3n) is 4.06. The molecule has 30 heavy (non-hydrogen) atoms. The standard InChI is InChI=1S/C20H18N8O2/c21-19-25-17(26-20(27-19)24-16-4-2-1-3-5-16)11-30-18(29)15-8-6-14(7-9-15)10-28-13-22-12-23-28/h1-9,12-13H,10-11H2,(H3,21,24,25,26,27). The van der Waals surface area contributed by atoms with Crippen LogP contribution in [0.3, 0.4) is 0 Å². The molecule has 4 rings (SSSR count). The molecular weight excluding hydrogens is 384 g/mol. The number of hydrogen-bond donors (Lipinski definition) is 2. The molecule has 4 aromatic rings. The predicted molar refractivity (Wildman–Crippen MR) is 109 cm³/mol. The zero-order chi connectivity index (χ0) is 20.8. The first-order valence-electron chi connectivity index (χ1n) is 9.07. The lowest BCUT2D eigenvalue weighted by molar-refractivity contribution is 0.0462. The van der Waals surface area contributed by atoms with E-state index in [-0.39, 0.29) is 24.3 Å². The molecule has 10 nitrogen and oxygen atoms in total. The fourth-order valence-corrected chi connectivity index (χ4v) is 2.67. The normalized spacial score (nSPS) is 10.5. The van der Waals surface area contributed by atoms with Crippen molar-refractivity contribution < 1.29 is 9.53 Å². The second-order valence-corrected chi connectivity index (χ2v) is 6.29. The number of hydrogen-bond acceptors (Lipinski definition) is 9. The smallest absolute Gasteiger partial charge is 0.338 e. The van der Waals surface area contributed by atoms with Gasteiger partial charge in [-0.05, 0) is 29.8 Å². The van der Waals surface area contributed by atoms with Gasteiger partial charge in [-0.3, -0.25) is 0 Å². The molecule has 0 aliphatic heterocycles. The molecule has 150 valence electrons. The summed E-state index contributed by atoms with van der Waals surface area (Å²) in [6, 6.07) is 16.5. The zero-order valence-electron chi connectivity index (χ0n) is 15.8. The fraction of sp³-hybridized carbons (Fsp3) is 0.100. The highest BCUT2D eigenvalue weighted by Crippen LogP contribution is 2.13. The molecule has 0 saturated heterocycles. The summed E-state index contributed by atoms with van der Waals surface area (Å²) in [6.45, 7) is 0.437. The molecule has 2 aromatic heterocycles. The fourth-order valence-electron chi connectivity index (χ4n) is 2.67. The topological polar surface area (TPSA) is 134 Å². The van der Waals surface area contributed by atoms with Gasteiger partial charge in [0.25, 0.3) is 0 Å². The van der Waals surface area contributed by atoms with E-state index < -0.39 is 5.97 Å². The van der Waals surface area contributed by atoms with Crippen molar-refractivity contribution in [3.8, 4) is 0 Å². The number of carbonyl (C=O) groups excluding carboxylic acids is 1. The van der Waals surface area contributed by atoms with E-state index in [9.17, 15) is 4.79 Å². The molecule has 0 unspecified atom stereocenters. The van der Waals surface area contributed by atoms with Crippen LogP contribution in [0.1, 0.15) is 21.7 Å². The molecule has 0 aliphatic rings. The molecule has 3 N–H and O–H groups in total. The van der Waals surface area contributed by atoms with Gasteiger partial charge >= 0.3 is 5.97 Å². The number of rotatable bonds is 7. The summed E-state index contributed by atoms with van der Waals surface area (Å²) in [5, 5.41) is 7.09. The third-order valence-corrected chi connectivity index (χ3v) is 4.06. The maximum atomic E-state index is 12.3. The van der Waals surface area contributed by atoms with E-state index in [0.29, 0.717) is 12.1 Å². The predicted octanol–water partition coefficient (Wildman–Crippen LogP) is 2.19. The average molecular weight is 402 g/mol. The Labute approximate surface area is 171 Å². The highest BCUT2D eigenvalue weighted by Gasteiger charge is 2.11. The molecule has 0 radical (unpaired) electrons. The van der Waals surface area contributed by atoms with Crippen LogP contribution in [0.5, 0.6) is 0 Å². The van der Waals surface area contributed by atoms with Crippen LogP contribution in [-0.4, -0.2) is 35.7 Å². The van der Waals surface area contributed by atoms with E-state index in [0.717, 1.165) is 11.3 Å². The lowest BCUT2D eigenvalue weighted by atomic mass is 10.1. The van der Waals surface area contributed by atoms with Crippen molar-refractivity contribution in [2.75, 3.05) is 11.1 Å². The van der Waals surface area contributed by atoms with E-state index in [1.807, 2.05) is 42.5 Å². The van der Waals surface area contributed by atoms with Crippen LogP contribution in [-0.2, 0) is 17.9 Å². The number of anilines is 3. The van der Waals surface area contributed by atoms with E-state index >= 15 is 0 Å². The summed E-state index contributed by atoms with van der Waals surface area (Å²) >= 11 is 0. The van der Waals surface area contributed by atoms with E-state index in [1.165, 1.54) is 6.33 Å². The Balaban J connectivity index is 1.37. The highest BCUT2D eigenvalue weighted by atomic mass is 16.5. The first-order valence-corrected chi connectivity index (χ1v) is 9.07. The summed E-state index contributed by atoms with van der Waals surface area (Å²) in [6.07, 6.45) is 3.10. The van der Waals surface area contributed by atoms with Gasteiger partial charge in [0.1, 0.15) is 12.7 Å². The van der Waals surface area contributed by atoms with Crippen LogP contribution in [0.2, 0.25) is 0 Å². The van der Waals surface area contributed by atoms with Crippen LogP contribution in [0.25, 0.3) is 0 Å². The van der Waals surface area contributed by atoms with Crippen molar-refractivity contribution in [3.63, 3.8) is 0 Å². The molecule has 0 amide bonds. The summed E-state index contributed by atoms with van der Waals surface area (Å²) in [5.41, 5.74) is 7.95. The van der Waals surface area contributed by atoms with Gasteiger partial charge < -0.3 is 15.8 Å². The number of ether oxygens (including phenoxy) is 1. The van der Waals surface area contributed by atoms with Crippen molar-refractivity contribution >= 4 is 23.6 Å². The van der Waals surface area contributed by atoms with Gasteiger partial charge in [0.05, 0.1) is 12.1 Å². The minimum Gasteiger partial charge on any atom is -0.454 e. The molecule has 0 aliphatic carbocycles. The van der Waals surface area contributed by atoms with Crippen molar-refractivity contribution in [3.05, 3.63) is 84.2 Å². The Morgan fingerprint density at radius 1 is 1.03 bits per heavy atom. The van der Waals surface area contributed by atoms with Crippen LogP contribution in [0.4, 0.5) is 17.6 Å². The molecule has 0 fully saturated rings. The quantitative estimate of drug-likeness (QED) is 0.446. The maximum absolute atomic E-state index is 12.3. The average Bonchev–Trinajstić information content (AvgIpc) is 3.26. The van der Waals surface area contributed by atoms with Gasteiger partial charge in [0.15, 0.2) is 12.4 Å². The second-order valence-electron chi connectivity index (χ2n) is 6.29. The largest absolute Gasteiger partial charge is 0.454 e. The number of nitrogens with zero attached hydrogens (tertiary/aromatic N) is 6. The van der Waals surface area contributed by atoms with Crippen molar-refractivity contribution in [1.82, 2.24) is 29.7 Å². The van der Waals surface area contributed by atoms with Gasteiger partial charge in [0.2, 0.25) is 11.9 Å². The number of nitrogens with two attached hydrogens (primary N) is 1. The monoisotopic (exact) mass is 402 g/mol. The Kier molecular flexibility index (Phi) is 5.56. The number of nitrogen functional groups attached to an aromatic ring is 1. The Morgan fingerprint density at radius 3 is 2.57 bits per heavy atom. The molecular formula is C20H18N8O2. The van der Waals surface area contributed by atoms with Gasteiger partial charge in [-0.2, -0.15) is 20.1 Å². The number of carbonyl (C=O) groups is 1. The maximum Gasteiger partial charge on any atom is 0.338 e. The van der Waals surface area contributed by atoms with Crippen LogP contribution in [0.15, 0.2) is 67.3 Å². The molecule has 2 heterocycles. The Morgan fingerprint density at radius 2 is 1.83 bits per heavy atom. The molecule has 2 aromatic carbocycles. The first-order chi connectivity index (χ1) is 14.7. The van der Waals surface area contributed by atoms with Crippen LogP contribution < -0.4 is 11.1 Å². The Hall–Kier alpha value is -4.34. The molecule has 0 saturated carbocycles. The number of esters is 1. The Bertz CT molecular complexity index is 1120. The highest BCUT2D eigenvalue weighted by molar-refractivity contribution is 5.89. The third kappa shape index (κ3) is 4.93. The summed E-state index contributed by atoms with van der Waals surface area (Å²) in [5.74, 6) is 0.0695. The second kappa shape index (κ2) is 8.78. The summed E-state index contributed by atoms with van der Waals surface area (Å²) in [7, 11) is 0. The SMILES string of the molecule is Nc1nc(COC(=O)c2ccc(Cn3cncn3)cc2)nc(Nc2ccccc2)n1. The van der Waals surface area contributed by atoms with Crippen LogP contribution >= 0.6 is 0 Å². The minimum absolute atomic E-state index is 0.0342. The van der Waals surface area contributed by atoms with Crippen molar-refractivity contribution in [2.24, 2.45) is 0 Å². The van der Waals surface area contributed by atoms with Crippen LogP contribution in [0, 0.1) is 0 Å². The number of aromatic nitrogens is 6. The summed E-state index contributed by atoms with van der Waals surface area (Å²) < 4.78 is 7.01. The minimum atomic E-state index is -0.487. The van der Waals surface area contributed by atoms with Gasteiger partial charge in [0, 0.05) is 5.69 Å². The van der Waals surface area contributed by atoms with Crippen molar-refractivity contribution in [2.45, 2.75) is 13.2 Å². The van der Waals surface area contributed by atoms with E-state index in [1.54, 1.807) is 23.1 Å². The lowest BCUT2D eigenvalue weighted by Crippen LogP contribution is -2.11. The molecule has 0 bridgehead atoms. The number of benzene rings is 2. The molecule has 10 heteroatoms. The molecule has 0 atom stereocenters. The van der Waals surface area contributed by atoms with E-state index in [2.05, 4.69) is 30.4 Å². The zero-order valence-corrected chi connectivity index (χ0v) is 15.8. The summed E-state index contributed by atoms with van der Waals surface area (Å²) in [4.78, 5) is 28.6.